The molecule has 0 radical (unpaired) electrons. The molecule has 1 saturated heterocycles. The number of amides is 1. The van der Waals surface area contributed by atoms with Gasteiger partial charge in [-0.3, -0.25) is 9.89 Å². The van der Waals surface area contributed by atoms with Gasteiger partial charge >= 0.3 is 0 Å². The Morgan fingerprint density at radius 3 is 3.04 bits per heavy atom. The molecule has 1 aromatic carbocycles. The third-order valence-corrected chi connectivity index (χ3v) is 4.56. The van der Waals surface area contributed by atoms with Crippen molar-refractivity contribution in [2.75, 3.05) is 6.54 Å². The lowest BCUT2D eigenvalue weighted by Gasteiger charge is -2.33. The molecule has 0 spiro atoms. The van der Waals surface area contributed by atoms with Gasteiger partial charge in [0.1, 0.15) is 12.2 Å². The van der Waals surface area contributed by atoms with Crippen LogP contribution in [-0.2, 0) is 0 Å². The van der Waals surface area contributed by atoms with Crippen LogP contribution in [0.3, 0.4) is 0 Å². The van der Waals surface area contributed by atoms with Gasteiger partial charge in [-0.2, -0.15) is 15.5 Å². The van der Waals surface area contributed by atoms with Gasteiger partial charge in [0.05, 0.1) is 23.4 Å². The van der Waals surface area contributed by atoms with Gasteiger partial charge < -0.3 is 4.90 Å². The van der Waals surface area contributed by atoms with Crippen LogP contribution in [0.2, 0.25) is 0 Å². The summed E-state index contributed by atoms with van der Waals surface area (Å²) in [6.45, 7) is 0.668. The summed E-state index contributed by atoms with van der Waals surface area (Å²) < 4.78 is 1.61. The van der Waals surface area contributed by atoms with Gasteiger partial charge in [-0.05, 0) is 43.5 Å². The summed E-state index contributed by atoms with van der Waals surface area (Å²) in [4.78, 5) is 19.0. The highest BCUT2D eigenvalue weighted by molar-refractivity contribution is 5.92. The zero-order chi connectivity index (χ0) is 17.9. The Hall–Kier alpha value is -3.47. The number of aromatic nitrogens is 5. The van der Waals surface area contributed by atoms with Gasteiger partial charge in [0.2, 0.25) is 0 Å². The summed E-state index contributed by atoms with van der Waals surface area (Å²) in [6, 6.07) is 10.8. The minimum Gasteiger partial charge on any atom is -0.327 e. The molecular formula is C18H17N7O. The van der Waals surface area contributed by atoms with E-state index < -0.39 is 0 Å². The molecule has 1 N–H and O–H groups in total. The highest BCUT2D eigenvalue weighted by atomic mass is 16.2. The van der Waals surface area contributed by atoms with E-state index in [0.29, 0.717) is 23.6 Å². The van der Waals surface area contributed by atoms with E-state index >= 15 is 0 Å². The minimum absolute atomic E-state index is 0.106. The summed E-state index contributed by atoms with van der Waals surface area (Å²) in [5.41, 5.74) is 1.67. The Morgan fingerprint density at radius 2 is 2.23 bits per heavy atom. The van der Waals surface area contributed by atoms with Crippen molar-refractivity contribution >= 4 is 5.91 Å². The number of aromatic amines is 1. The Bertz CT molecular complexity index is 954. The second-order valence-electron chi connectivity index (χ2n) is 6.19. The Morgan fingerprint density at radius 1 is 1.31 bits per heavy atom. The molecular weight excluding hydrogens is 330 g/mol. The zero-order valence-corrected chi connectivity index (χ0v) is 14.0. The van der Waals surface area contributed by atoms with Crippen LogP contribution in [0.4, 0.5) is 0 Å². The Balaban J connectivity index is 1.60. The van der Waals surface area contributed by atoms with Crippen molar-refractivity contribution in [1.29, 1.82) is 5.26 Å². The van der Waals surface area contributed by atoms with Crippen molar-refractivity contribution in [3.63, 3.8) is 0 Å². The number of hydrogen-bond donors (Lipinski definition) is 1. The number of rotatable bonds is 3. The molecule has 0 aliphatic carbocycles. The predicted octanol–water partition coefficient (Wildman–Crippen LogP) is 2.23. The first-order valence-corrected chi connectivity index (χ1v) is 8.49. The van der Waals surface area contributed by atoms with Crippen LogP contribution in [0.15, 0.2) is 42.9 Å². The molecule has 0 unspecified atom stereocenters. The van der Waals surface area contributed by atoms with E-state index in [2.05, 4.69) is 26.3 Å². The molecule has 8 nitrogen and oxygen atoms in total. The topological polar surface area (TPSA) is 103 Å². The third-order valence-electron chi connectivity index (χ3n) is 4.56. The summed E-state index contributed by atoms with van der Waals surface area (Å²) in [6.07, 6.45) is 6.05. The molecule has 26 heavy (non-hydrogen) atoms. The first kappa shape index (κ1) is 16.0. The van der Waals surface area contributed by atoms with Crippen LogP contribution in [0, 0.1) is 11.3 Å². The number of hydrogen-bond acceptors (Lipinski definition) is 5. The Kier molecular flexibility index (Phi) is 4.19. The predicted molar refractivity (Wildman–Crippen MR) is 92.3 cm³/mol. The number of benzene rings is 1. The number of H-pyrrole nitrogens is 1. The molecule has 130 valence electrons. The molecule has 1 aliphatic heterocycles. The Labute approximate surface area is 150 Å². The molecule has 0 saturated carbocycles. The SMILES string of the molecule is N#Cc1cccc(-n2ccc(C(=O)N3CCCC[C@@H]3c3ncn[nH]3)n2)c1. The average molecular weight is 347 g/mol. The fraction of sp³-hybridized carbons (Fsp3) is 0.278. The van der Waals surface area contributed by atoms with Crippen molar-refractivity contribution < 1.29 is 4.79 Å². The number of likely N-dealkylation sites (tertiary alicyclic amines) is 1. The standard InChI is InChI=1S/C18H17N7O/c19-11-13-4-3-5-14(10-13)25-9-7-15(23-25)18(26)24-8-2-1-6-16(24)17-20-12-21-22-17/h3-5,7,9-10,12,16H,1-2,6,8H2,(H,20,21,22)/t16-/m1/s1. The first-order valence-electron chi connectivity index (χ1n) is 8.49. The van der Waals surface area contributed by atoms with Gasteiger partial charge in [-0.25, -0.2) is 9.67 Å². The lowest BCUT2D eigenvalue weighted by molar-refractivity contribution is 0.0594. The second kappa shape index (κ2) is 6.80. The molecule has 2 aromatic heterocycles. The molecule has 4 rings (SSSR count). The monoisotopic (exact) mass is 347 g/mol. The number of nitrogens with one attached hydrogen (secondary N) is 1. The van der Waals surface area contributed by atoms with E-state index in [1.165, 1.54) is 6.33 Å². The third kappa shape index (κ3) is 2.95. The number of carbonyl (C=O) groups excluding carboxylic acids is 1. The molecule has 0 bridgehead atoms. The molecule has 1 aliphatic rings. The van der Waals surface area contributed by atoms with Crippen LogP contribution in [0.5, 0.6) is 0 Å². The maximum Gasteiger partial charge on any atom is 0.274 e. The van der Waals surface area contributed by atoms with Crippen molar-refractivity contribution in [3.8, 4) is 11.8 Å². The van der Waals surface area contributed by atoms with Crippen LogP contribution in [0.1, 0.15) is 47.2 Å². The van der Waals surface area contributed by atoms with Gasteiger partial charge in [-0.15, -0.1) is 0 Å². The summed E-state index contributed by atoms with van der Waals surface area (Å²) in [5, 5.41) is 20.2. The van der Waals surface area contributed by atoms with Gasteiger partial charge in [0, 0.05) is 12.7 Å². The van der Waals surface area contributed by atoms with Gasteiger partial charge in [-0.1, -0.05) is 6.07 Å². The highest BCUT2D eigenvalue weighted by Gasteiger charge is 2.31. The average Bonchev–Trinajstić information content (AvgIpc) is 3.39. The van der Waals surface area contributed by atoms with E-state index in [-0.39, 0.29) is 11.9 Å². The van der Waals surface area contributed by atoms with E-state index in [0.717, 1.165) is 24.9 Å². The first-order chi connectivity index (χ1) is 12.8. The summed E-state index contributed by atoms with van der Waals surface area (Å²) in [5.74, 6) is 0.584. The van der Waals surface area contributed by atoms with Crippen LogP contribution in [0.25, 0.3) is 5.69 Å². The van der Waals surface area contributed by atoms with E-state index in [1.807, 2.05) is 11.0 Å². The van der Waals surface area contributed by atoms with E-state index in [4.69, 9.17) is 5.26 Å². The van der Waals surface area contributed by atoms with Crippen molar-refractivity contribution in [2.24, 2.45) is 0 Å². The maximum atomic E-state index is 13.0. The number of carbonyl (C=O) groups is 1. The van der Waals surface area contributed by atoms with E-state index in [9.17, 15) is 4.79 Å². The van der Waals surface area contributed by atoms with E-state index in [1.54, 1.807) is 35.1 Å². The lowest BCUT2D eigenvalue weighted by Crippen LogP contribution is -2.39. The largest absolute Gasteiger partial charge is 0.327 e. The van der Waals surface area contributed by atoms with Crippen LogP contribution < -0.4 is 0 Å². The molecule has 1 atom stereocenters. The summed E-state index contributed by atoms with van der Waals surface area (Å²) in [7, 11) is 0. The fourth-order valence-corrected chi connectivity index (χ4v) is 3.28. The highest BCUT2D eigenvalue weighted by Crippen LogP contribution is 2.29. The van der Waals surface area contributed by atoms with Crippen molar-refractivity contribution in [3.05, 3.63) is 59.9 Å². The molecule has 3 heterocycles. The minimum atomic E-state index is -0.124. The normalized spacial score (nSPS) is 17.0. The second-order valence-corrected chi connectivity index (χ2v) is 6.19. The van der Waals surface area contributed by atoms with Crippen molar-refractivity contribution in [2.45, 2.75) is 25.3 Å². The number of piperidine rings is 1. The van der Waals surface area contributed by atoms with Gasteiger partial charge in [0.25, 0.3) is 5.91 Å². The van der Waals surface area contributed by atoms with Crippen LogP contribution in [-0.4, -0.2) is 42.3 Å². The molecule has 8 heteroatoms. The van der Waals surface area contributed by atoms with Gasteiger partial charge in [0.15, 0.2) is 5.69 Å². The quantitative estimate of drug-likeness (QED) is 0.782. The smallest absolute Gasteiger partial charge is 0.274 e. The van der Waals surface area contributed by atoms with Crippen molar-refractivity contribution in [1.82, 2.24) is 29.9 Å². The lowest BCUT2D eigenvalue weighted by atomic mass is 10.0. The maximum absolute atomic E-state index is 13.0. The van der Waals surface area contributed by atoms with Crippen LogP contribution >= 0.6 is 0 Å². The fourth-order valence-electron chi connectivity index (χ4n) is 3.28. The number of nitriles is 1. The number of nitrogens with zero attached hydrogens (tertiary/aromatic N) is 6. The zero-order valence-electron chi connectivity index (χ0n) is 14.0. The molecule has 1 fully saturated rings. The molecule has 3 aromatic rings. The molecule has 1 amide bonds. The summed E-state index contributed by atoms with van der Waals surface area (Å²) >= 11 is 0.